The van der Waals surface area contributed by atoms with Crippen LogP contribution in [0.4, 0.5) is 0 Å². The van der Waals surface area contributed by atoms with Crippen LogP contribution >= 0.6 is 0 Å². The lowest BCUT2D eigenvalue weighted by Gasteiger charge is -2.26. The fourth-order valence-corrected chi connectivity index (χ4v) is 2.04. The molecule has 0 aromatic heterocycles. The molecule has 1 aliphatic rings. The maximum atomic E-state index is 6.16. The summed E-state index contributed by atoms with van der Waals surface area (Å²) >= 11 is 0. The standard InChI is InChI=1S/C14H17N/c1-14(2,15)13-10-6-9-12(13)11-7-4-3-5-8-11/h3-10,12H,15H2,1-2H3. The second kappa shape index (κ2) is 3.67. The molecule has 0 fully saturated rings. The molecule has 1 aromatic carbocycles. The maximum absolute atomic E-state index is 6.16. The van der Waals surface area contributed by atoms with Crippen LogP contribution in [0.2, 0.25) is 0 Å². The number of benzene rings is 1. The number of hydrogen-bond acceptors (Lipinski definition) is 1. The first-order valence-electron chi connectivity index (χ1n) is 5.32. The van der Waals surface area contributed by atoms with Crippen molar-refractivity contribution in [2.24, 2.45) is 5.73 Å². The van der Waals surface area contributed by atoms with Gasteiger partial charge in [-0.15, -0.1) is 0 Å². The summed E-state index contributed by atoms with van der Waals surface area (Å²) in [5.74, 6) is 0.353. The minimum atomic E-state index is -0.246. The van der Waals surface area contributed by atoms with E-state index in [1.165, 1.54) is 11.1 Å². The summed E-state index contributed by atoms with van der Waals surface area (Å²) in [5.41, 5.74) is 8.52. The van der Waals surface area contributed by atoms with Crippen molar-refractivity contribution in [1.82, 2.24) is 0 Å². The van der Waals surface area contributed by atoms with Gasteiger partial charge in [-0.1, -0.05) is 48.6 Å². The smallest absolute Gasteiger partial charge is 0.0323 e. The molecule has 0 saturated carbocycles. The van der Waals surface area contributed by atoms with Gasteiger partial charge >= 0.3 is 0 Å². The minimum Gasteiger partial charge on any atom is -0.322 e. The van der Waals surface area contributed by atoms with Gasteiger partial charge in [0.2, 0.25) is 0 Å². The summed E-state index contributed by atoms with van der Waals surface area (Å²) in [7, 11) is 0. The lowest BCUT2D eigenvalue weighted by molar-refractivity contribution is 0.584. The Hall–Kier alpha value is -1.34. The van der Waals surface area contributed by atoms with Crippen molar-refractivity contribution in [3.05, 3.63) is 59.7 Å². The molecular weight excluding hydrogens is 182 g/mol. The van der Waals surface area contributed by atoms with E-state index in [0.29, 0.717) is 5.92 Å². The Labute approximate surface area is 91.3 Å². The number of allylic oxidation sites excluding steroid dienone is 3. The first-order valence-corrected chi connectivity index (χ1v) is 5.32. The van der Waals surface area contributed by atoms with Crippen molar-refractivity contribution in [2.75, 3.05) is 0 Å². The molecule has 0 heterocycles. The topological polar surface area (TPSA) is 26.0 Å². The number of rotatable bonds is 2. The van der Waals surface area contributed by atoms with E-state index in [2.05, 4.69) is 56.3 Å². The Kier molecular flexibility index (Phi) is 2.49. The van der Waals surface area contributed by atoms with E-state index in [4.69, 9.17) is 5.73 Å². The van der Waals surface area contributed by atoms with Gasteiger partial charge in [0.05, 0.1) is 0 Å². The lowest BCUT2D eigenvalue weighted by Crippen LogP contribution is -2.35. The van der Waals surface area contributed by atoms with Crippen LogP contribution in [0.5, 0.6) is 0 Å². The molecule has 0 radical (unpaired) electrons. The Morgan fingerprint density at radius 1 is 1.13 bits per heavy atom. The third-order valence-electron chi connectivity index (χ3n) is 2.82. The van der Waals surface area contributed by atoms with Gasteiger partial charge in [0.25, 0.3) is 0 Å². The van der Waals surface area contributed by atoms with Crippen molar-refractivity contribution in [3.63, 3.8) is 0 Å². The van der Waals surface area contributed by atoms with Crippen LogP contribution in [0.25, 0.3) is 0 Å². The van der Waals surface area contributed by atoms with Crippen LogP contribution < -0.4 is 5.73 Å². The average molecular weight is 199 g/mol. The zero-order chi connectivity index (χ0) is 10.9. The minimum absolute atomic E-state index is 0.246. The van der Waals surface area contributed by atoms with Gasteiger partial charge in [-0.05, 0) is 25.0 Å². The first-order chi connectivity index (χ1) is 7.09. The fourth-order valence-electron chi connectivity index (χ4n) is 2.04. The Bertz CT molecular complexity index is 393. The molecule has 0 amide bonds. The summed E-state index contributed by atoms with van der Waals surface area (Å²) in [6.45, 7) is 4.11. The summed E-state index contributed by atoms with van der Waals surface area (Å²) in [5, 5.41) is 0. The second-order valence-corrected chi connectivity index (χ2v) is 4.62. The Morgan fingerprint density at radius 3 is 2.40 bits per heavy atom. The molecule has 0 spiro atoms. The molecule has 2 rings (SSSR count). The van der Waals surface area contributed by atoms with E-state index < -0.39 is 0 Å². The maximum Gasteiger partial charge on any atom is 0.0323 e. The van der Waals surface area contributed by atoms with Gasteiger partial charge in [0, 0.05) is 11.5 Å². The van der Waals surface area contributed by atoms with E-state index in [0.717, 1.165) is 0 Å². The van der Waals surface area contributed by atoms with Gasteiger partial charge < -0.3 is 5.73 Å². The number of nitrogens with two attached hydrogens (primary N) is 1. The van der Waals surface area contributed by atoms with Crippen LogP contribution in [0, 0.1) is 0 Å². The van der Waals surface area contributed by atoms with Gasteiger partial charge in [0.15, 0.2) is 0 Å². The lowest BCUT2D eigenvalue weighted by atomic mass is 9.83. The van der Waals surface area contributed by atoms with Gasteiger partial charge in [-0.2, -0.15) is 0 Å². The highest BCUT2D eigenvalue weighted by molar-refractivity contribution is 5.44. The zero-order valence-corrected chi connectivity index (χ0v) is 9.27. The highest BCUT2D eigenvalue weighted by Gasteiger charge is 2.26. The molecule has 0 bridgehead atoms. The van der Waals surface area contributed by atoms with Crippen molar-refractivity contribution >= 4 is 0 Å². The molecule has 1 unspecified atom stereocenters. The van der Waals surface area contributed by atoms with Crippen LogP contribution in [-0.2, 0) is 0 Å². The predicted octanol–water partition coefficient (Wildman–Crippen LogP) is 3.00. The Balaban J connectivity index is 2.33. The molecule has 2 N–H and O–H groups in total. The van der Waals surface area contributed by atoms with Gasteiger partial charge in [-0.3, -0.25) is 0 Å². The highest BCUT2D eigenvalue weighted by atomic mass is 14.7. The van der Waals surface area contributed by atoms with Gasteiger partial charge in [0.1, 0.15) is 0 Å². The van der Waals surface area contributed by atoms with Crippen LogP contribution in [-0.4, -0.2) is 5.54 Å². The average Bonchev–Trinajstić information content (AvgIpc) is 2.67. The van der Waals surface area contributed by atoms with Gasteiger partial charge in [-0.25, -0.2) is 0 Å². The molecular formula is C14H17N. The predicted molar refractivity (Wildman–Crippen MR) is 64.7 cm³/mol. The normalized spacial score (nSPS) is 20.5. The quantitative estimate of drug-likeness (QED) is 0.778. The molecule has 1 nitrogen and oxygen atoms in total. The Morgan fingerprint density at radius 2 is 1.80 bits per heavy atom. The number of hydrogen-bond donors (Lipinski definition) is 1. The molecule has 15 heavy (non-hydrogen) atoms. The van der Waals surface area contributed by atoms with Crippen molar-refractivity contribution in [3.8, 4) is 0 Å². The zero-order valence-electron chi connectivity index (χ0n) is 9.27. The largest absolute Gasteiger partial charge is 0.322 e. The SMILES string of the molecule is CC(C)(N)C1=CC=CC1c1ccccc1. The third-order valence-corrected chi connectivity index (χ3v) is 2.82. The molecule has 78 valence electrons. The molecule has 0 saturated heterocycles. The van der Waals surface area contributed by atoms with E-state index >= 15 is 0 Å². The third kappa shape index (κ3) is 2.02. The van der Waals surface area contributed by atoms with E-state index in [1.807, 2.05) is 6.07 Å². The van der Waals surface area contributed by atoms with E-state index in [-0.39, 0.29) is 5.54 Å². The van der Waals surface area contributed by atoms with E-state index in [1.54, 1.807) is 0 Å². The van der Waals surface area contributed by atoms with Crippen molar-refractivity contribution in [1.29, 1.82) is 0 Å². The van der Waals surface area contributed by atoms with Crippen molar-refractivity contribution < 1.29 is 0 Å². The summed E-state index contributed by atoms with van der Waals surface area (Å²) in [6, 6.07) is 10.5. The fraction of sp³-hybridized carbons (Fsp3) is 0.286. The highest BCUT2D eigenvalue weighted by Crippen LogP contribution is 2.35. The molecule has 1 atom stereocenters. The molecule has 1 aromatic rings. The summed E-state index contributed by atoms with van der Waals surface area (Å²) in [4.78, 5) is 0. The van der Waals surface area contributed by atoms with Crippen LogP contribution in [0.15, 0.2) is 54.1 Å². The van der Waals surface area contributed by atoms with Crippen LogP contribution in [0.1, 0.15) is 25.3 Å². The first kappa shape index (κ1) is 10.2. The second-order valence-electron chi connectivity index (χ2n) is 4.62. The summed E-state index contributed by atoms with van der Waals surface area (Å²) < 4.78 is 0. The molecule has 0 aliphatic heterocycles. The molecule has 1 heteroatoms. The monoisotopic (exact) mass is 199 g/mol. The van der Waals surface area contributed by atoms with Crippen LogP contribution in [0.3, 0.4) is 0 Å². The van der Waals surface area contributed by atoms with E-state index in [9.17, 15) is 0 Å². The molecule has 1 aliphatic carbocycles. The van der Waals surface area contributed by atoms with Crippen molar-refractivity contribution in [2.45, 2.75) is 25.3 Å². The summed E-state index contributed by atoms with van der Waals surface area (Å²) in [6.07, 6.45) is 6.44.